The molecule has 4 aromatic carbocycles. The standard InChI is InChI=1S/2C17H16N4.2C6H11N3.2C3H8/c2*1-2-21-11-12-7-3-4-8-13(12)16-17(19-20-18-16)14-9-5-6-10-15(14)21;2*1-3-6-5-9(4-2)8-7-6;2*1-3-2/h2*3-10H,2,11H2,1H3,(H,18,19,20);2*5H,3-4H2,1-2H3;2*3H2,1-2H3. The highest BCUT2D eigenvalue weighted by Gasteiger charge is 2.25. The van der Waals surface area contributed by atoms with Crippen LogP contribution in [0.15, 0.2) is 109 Å². The molecule has 2 aliphatic heterocycles. The van der Waals surface area contributed by atoms with Crippen molar-refractivity contribution in [2.75, 3.05) is 22.9 Å². The highest BCUT2D eigenvalue weighted by molar-refractivity contribution is 5.88. The van der Waals surface area contributed by atoms with Gasteiger partial charge in [-0.05, 0) is 63.8 Å². The molecule has 0 fully saturated rings. The normalized spacial score (nSPS) is 11.5. The Labute approximate surface area is 391 Å². The van der Waals surface area contributed by atoms with Crippen LogP contribution in [0.4, 0.5) is 11.4 Å². The number of rotatable bonds is 6. The van der Waals surface area contributed by atoms with Crippen LogP contribution in [-0.2, 0) is 39.0 Å². The van der Waals surface area contributed by atoms with E-state index in [4.69, 9.17) is 0 Å². The number of aromatic amines is 2. The van der Waals surface area contributed by atoms with Crippen LogP contribution in [0.25, 0.3) is 45.0 Å². The number of nitrogens with one attached hydrogen (secondary N) is 2. The van der Waals surface area contributed by atoms with Crippen molar-refractivity contribution in [3.63, 3.8) is 0 Å². The molecule has 0 saturated carbocycles. The van der Waals surface area contributed by atoms with Gasteiger partial charge in [0.15, 0.2) is 0 Å². The monoisotopic (exact) mass is 891 g/mol. The van der Waals surface area contributed by atoms with Crippen LogP contribution in [0.3, 0.4) is 0 Å². The number of benzene rings is 4. The first kappa shape index (κ1) is 50.0. The number of nitrogens with zero attached hydrogens (tertiary/aromatic N) is 12. The van der Waals surface area contributed by atoms with Crippen LogP contribution in [0.2, 0.25) is 0 Å². The highest BCUT2D eigenvalue weighted by Crippen LogP contribution is 2.41. The average Bonchev–Trinajstić information content (AvgIpc) is 4.21. The Morgan fingerprint density at radius 3 is 1.03 bits per heavy atom. The van der Waals surface area contributed by atoms with Gasteiger partial charge >= 0.3 is 0 Å². The third-order valence-corrected chi connectivity index (χ3v) is 10.7. The number of aromatic nitrogens is 12. The minimum absolute atomic E-state index is 0.885. The lowest BCUT2D eigenvalue weighted by Gasteiger charge is -2.28. The molecule has 2 aliphatic rings. The van der Waals surface area contributed by atoms with Gasteiger partial charge in [0.2, 0.25) is 0 Å². The first-order valence-corrected chi connectivity index (χ1v) is 23.8. The largest absolute Gasteiger partial charge is 0.367 e. The number of hydrogen-bond donors (Lipinski definition) is 2. The number of H-pyrrole nitrogens is 2. The molecule has 0 amide bonds. The molecule has 0 saturated heterocycles. The molecule has 14 heteroatoms. The molecule has 0 aliphatic carbocycles. The maximum absolute atomic E-state index is 4.40. The second-order valence-corrected chi connectivity index (χ2v) is 15.7. The van der Waals surface area contributed by atoms with E-state index in [0.29, 0.717) is 0 Å². The molecular formula is C52H70N14. The molecule has 348 valence electrons. The first-order chi connectivity index (χ1) is 32.3. The Balaban J connectivity index is 0.000000169. The number of hydrogen-bond acceptors (Lipinski definition) is 10. The SMILES string of the molecule is CCC.CCC.CCN1Cc2ccccc2-c2n[nH]nc2-c2ccccc21.CCN1Cc2ccccc2-c2n[nH]nc2-c2ccccc21.CCc1cn(CC)nn1.CCc1cn(CC)nn1. The smallest absolute Gasteiger partial charge is 0.122 e. The third-order valence-electron chi connectivity index (χ3n) is 10.7. The Kier molecular flexibility index (Phi) is 19.8. The summed E-state index contributed by atoms with van der Waals surface area (Å²) in [6.45, 7) is 26.6. The topological polar surface area (TPSA) is 151 Å². The van der Waals surface area contributed by atoms with E-state index >= 15 is 0 Å². The number of aryl methyl sites for hydroxylation is 4. The summed E-state index contributed by atoms with van der Waals surface area (Å²) in [5.41, 5.74) is 15.4. The fourth-order valence-corrected chi connectivity index (χ4v) is 7.35. The van der Waals surface area contributed by atoms with Crippen molar-refractivity contribution in [1.29, 1.82) is 0 Å². The Morgan fingerprint density at radius 2 is 0.727 bits per heavy atom. The molecule has 0 spiro atoms. The lowest BCUT2D eigenvalue weighted by atomic mass is 9.96. The van der Waals surface area contributed by atoms with Gasteiger partial charge in [-0.2, -0.15) is 30.8 Å². The predicted molar refractivity (Wildman–Crippen MR) is 270 cm³/mol. The molecule has 6 heterocycles. The molecule has 8 aromatic rings. The molecule has 0 atom stereocenters. The second kappa shape index (κ2) is 26.1. The van der Waals surface area contributed by atoms with Crippen molar-refractivity contribution >= 4 is 11.4 Å². The molecule has 2 N–H and O–H groups in total. The van der Waals surface area contributed by atoms with E-state index in [1.54, 1.807) is 0 Å². The maximum Gasteiger partial charge on any atom is 0.122 e. The van der Waals surface area contributed by atoms with Gasteiger partial charge in [0.05, 0.1) is 11.4 Å². The molecule has 66 heavy (non-hydrogen) atoms. The summed E-state index contributed by atoms with van der Waals surface area (Å²) in [4.78, 5) is 4.76. The summed E-state index contributed by atoms with van der Waals surface area (Å²) >= 11 is 0. The summed E-state index contributed by atoms with van der Waals surface area (Å²) in [5.74, 6) is 0. The number of anilines is 2. The summed E-state index contributed by atoms with van der Waals surface area (Å²) < 4.78 is 3.66. The second-order valence-electron chi connectivity index (χ2n) is 15.7. The van der Waals surface area contributed by atoms with Crippen molar-refractivity contribution in [3.05, 3.63) is 132 Å². The van der Waals surface area contributed by atoms with Crippen molar-refractivity contribution < 1.29 is 0 Å². The van der Waals surface area contributed by atoms with Crippen LogP contribution in [0, 0.1) is 0 Å². The van der Waals surface area contributed by atoms with Crippen LogP contribution in [-0.4, -0.2) is 73.9 Å². The maximum atomic E-state index is 4.40. The lowest BCUT2D eigenvalue weighted by Crippen LogP contribution is -2.24. The number of fused-ring (bicyclic) bond motifs is 10. The van der Waals surface area contributed by atoms with Crippen molar-refractivity contribution in [2.45, 2.75) is 121 Å². The van der Waals surface area contributed by atoms with E-state index < -0.39 is 0 Å². The molecule has 0 radical (unpaired) electrons. The third kappa shape index (κ3) is 12.6. The van der Waals surface area contributed by atoms with Crippen LogP contribution >= 0.6 is 0 Å². The lowest BCUT2D eigenvalue weighted by molar-refractivity contribution is 0.626. The van der Waals surface area contributed by atoms with Crippen LogP contribution in [0.1, 0.15) is 105 Å². The summed E-state index contributed by atoms with van der Waals surface area (Å²) in [6.07, 6.45) is 8.39. The molecule has 14 nitrogen and oxygen atoms in total. The minimum Gasteiger partial charge on any atom is -0.367 e. The molecule has 10 rings (SSSR count). The van der Waals surface area contributed by atoms with Gasteiger partial charge in [0.25, 0.3) is 0 Å². The van der Waals surface area contributed by atoms with Crippen molar-refractivity contribution in [3.8, 4) is 45.0 Å². The van der Waals surface area contributed by atoms with Gasteiger partial charge in [-0.25, -0.2) is 0 Å². The quantitative estimate of drug-likeness (QED) is 0.165. The summed E-state index contributed by atoms with van der Waals surface area (Å²) in [5, 5.41) is 38.8. The molecular weight excluding hydrogens is 821 g/mol. The Bertz CT molecular complexity index is 2400. The van der Waals surface area contributed by atoms with Gasteiger partial charge in [-0.1, -0.05) is 150 Å². The van der Waals surface area contributed by atoms with Crippen molar-refractivity contribution in [2.24, 2.45) is 0 Å². The number of para-hydroxylation sites is 2. The fraction of sp³-hybridized carbons (Fsp3) is 0.385. The van der Waals surface area contributed by atoms with Gasteiger partial charge in [0.1, 0.15) is 22.8 Å². The van der Waals surface area contributed by atoms with Gasteiger partial charge in [-0.3, -0.25) is 9.36 Å². The first-order valence-electron chi connectivity index (χ1n) is 23.8. The Morgan fingerprint density at radius 1 is 0.409 bits per heavy atom. The molecule has 0 bridgehead atoms. The molecule has 4 aromatic heterocycles. The predicted octanol–water partition coefficient (Wildman–Crippen LogP) is 11.5. The van der Waals surface area contributed by atoms with Gasteiger partial charge in [-0.15, -0.1) is 10.2 Å². The van der Waals surface area contributed by atoms with E-state index in [2.05, 4.69) is 214 Å². The van der Waals surface area contributed by atoms with E-state index in [1.165, 1.54) is 35.3 Å². The Hall–Kier alpha value is -6.96. The average molecular weight is 891 g/mol. The zero-order chi connectivity index (χ0) is 47.3. The van der Waals surface area contributed by atoms with E-state index in [0.717, 1.165) is 109 Å². The van der Waals surface area contributed by atoms with E-state index in [1.807, 2.05) is 35.6 Å². The minimum atomic E-state index is 0.885. The van der Waals surface area contributed by atoms with Gasteiger partial charge in [0, 0.05) is 85.3 Å². The van der Waals surface area contributed by atoms with E-state index in [-0.39, 0.29) is 0 Å². The van der Waals surface area contributed by atoms with Gasteiger partial charge < -0.3 is 9.80 Å². The highest BCUT2D eigenvalue weighted by atomic mass is 15.4. The summed E-state index contributed by atoms with van der Waals surface area (Å²) in [6, 6.07) is 33.7. The van der Waals surface area contributed by atoms with Crippen LogP contribution < -0.4 is 9.80 Å². The van der Waals surface area contributed by atoms with Crippen molar-refractivity contribution in [1.82, 2.24) is 60.8 Å². The summed E-state index contributed by atoms with van der Waals surface area (Å²) in [7, 11) is 0. The molecule has 0 unspecified atom stereocenters. The zero-order valence-electron chi connectivity index (χ0n) is 40.8. The zero-order valence-corrected chi connectivity index (χ0v) is 40.8. The fourth-order valence-electron chi connectivity index (χ4n) is 7.35. The van der Waals surface area contributed by atoms with Crippen LogP contribution in [0.5, 0.6) is 0 Å². The van der Waals surface area contributed by atoms with E-state index in [9.17, 15) is 0 Å².